The minimum Gasteiger partial charge on any atom is -0.349 e. The second-order valence-corrected chi connectivity index (χ2v) is 9.12. The molecule has 3 heteroatoms. The molecule has 5 rings (SSSR count). The van der Waals surface area contributed by atoms with E-state index in [4.69, 9.17) is 0 Å². The summed E-state index contributed by atoms with van der Waals surface area (Å²) in [5, 5.41) is 3.24. The normalized spacial score (nSPS) is 17.0. The number of nitrogens with zero attached hydrogens (tertiary/aromatic N) is 1. The van der Waals surface area contributed by atoms with Gasteiger partial charge in [-0.1, -0.05) is 56.0 Å². The Kier molecular flexibility index (Phi) is 5.93. The van der Waals surface area contributed by atoms with Gasteiger partial charge in [0.05, 0.1) is 5.69 Å². The number of carbonyl (C=O) groups excluding carboxylic acids is 1. The predicted octanol–water partition coefficient (Wildman–Crippen LogP) is 6.48. The van der Waals surface area contributed by atoms with Crippen LogP contribution >= 0.6 is 0 Å². The standard InChI is InChI=1S/C28H32N2O/c31-28(29-24-13-7-3-8-14-24)22-16-18-25(19-17-22)30-26-15-9-2-6-12-23(26)20-27(30)21-10-4-1-5-11-21/h1,4-5,10-11,16-20,24H,2-3,6-9,12-15H2,(H,29,31). The van der Waals surface area contributed by atoms with Crippen LogP contribution < -0.4 is 5.32 Å². The Hall–Kier alpha value is -2.81. The number of hydrogen-bond donors (Lipinski definition) is 1. The molecule has 1 amide bonds. The first kappa shape index (κ1) is 20.1. The molecule has 31 heavy (non-hydrogen) atoms. The van der Waals surface area contributed by atoms with Gasteiger partial charge in [0.1, 0.15) is 0 Å². The van der Waals surface area contributed by atoms with Crippen molar-refractivity contribution in [3.8, 4) is 16.9 Å². The van der Waals surface area contributed by atoms with E-state index in [1.165, 1.54) is 61.0 Å². The molecular weight excluding hydrogens is 380 g/mol. The monoisotopic (exact) mass is 412 g/mol. The number of aromatic nitrogens is 1. The van der Waals surface area contributed by atoms with Gasteiger partial charge >= 0.3 is 0 Å². The smallest absolute Gasteiger partial charge is 0.251 e. The summed E-state index contributed by atoms with van der Waals surface area (Å²) in [6.07, 6.45) is 12.1. The van der Waals surface area contributed by atoms with Crippen molar-refractivity contribution in [3.05, 3.63) is 77.5 Å². The molecule has 3 nitrogen and oxygen atoms in total. The summed E-state index contributed by atoms with van der Waals surface area (Å²) in [7, 11) is 0. The van der Waals surface area contributed by atoms with Crippen LogP contribution in [0.25, 0.3) is 16.9 Å². The molecule has 0 aliphatic heterocycles. The fourth-order valence-corrected chi connectivity index (χ4v) is 5.27. The molecule has 2 aromatic carbocycles. The second-order valence-electron chi connectivity index (χ2n) is 9.12. The Balaban J connectivity index is 1.46. The lowest BCUT2D eigenvalue weighted by Crippen LogP contribution is -2.36. The Labute approximate surface area is 185 Å². The molecule has 0 unspecified atom stereocenters. The van der Waals surface area contributed by atoms with Crippen molar-refractivity contribution in [1.82, 2.24) is 9.88 Å². The predicted molar refractivity (Wildman–Crippen MR) is 127 cm³/mol. The number of nitrogens with one attached hydrogen (secondary N) is 1. The van der Waals surface area contributed by atoms with Crippen LogP contribution in [-0.4, -0.2) is 16.5 Å². The van der Waals surface area contributed by atoms with E-state index in [1.807, 2.05) is 12.1 Å². The van der Waals surface area contributed by atoms with Crippen LogP contribution in [0.4, 0.5) is 0 Å². The number of amides is 1. The summed E-state index contributed by atoms with van der Waals surface area (Å²) in [6.45, 7) is 0. The lowest BCUT2D eigenvalue weighted by atomic mass is 9.95. The van der Waals surface area contributed by atoms with Gasteiger partial charge in [-0.25, -0.2) is 0 Å². The van der Waals surface area contributed by atoms with E-state index in [-0.39, 0.29) is 5.91 Å². The molecule has 1 fully saturated rings. The summed E-state index contributed by atoms with van der Waals surface area (Å²) in [4.78, 5) is 12.8. The van der Waals surface area contributed by atoms with Crippen LogP contribution in [0.2, 0.25) is 0 Å². The Morgan fingerprint density at radius 2 is 1.52 bits per heavy atom. The number of benzene rings is 2. The minimum atomic E-state index is 0.0630. The summed E-state index contributed by atoms with van der Waals surface area (Å²) in [5.74, 6) is 0.0630. The van der Waals surface area contributed by atoms with Gasteiger partial charge in [0.25, 0.3) is 5.91 Å². The quantitative estimate of drug-likeness (QED) is 0.489. The van der Waals surface area contributed by atoms with Gasteiger partial charge in [0, 0.05) is 23.0 Å². The molecule has 2 aliphatic carbocycles. The SMILES string of the molecule is O=C(NC1CCCCC1)c1ccc(-n2c(-c3ccccc3)cc3c2CCCCC3)cc1. The molecule has 1 heterocycles. The largest absolute Gasteiger partial charge is 0.349 e. The molecule has 0 bridgehead atoms. The molecular formula is C28H32N2O. The average molecular weight is 413 g/mol. The zero-order valence-corrected chi connectivity index (χ0v) is 18.3. The molecule has 3 aromatic rings. The maximum Gasteiger partial charge on any atom is 0.251 e. The topological polar surface area (TPSA) is 34.0 Å². The highest BCUT2D eigenvalue weighted by Crippen LogP contribution is 2.33. The van der Waals surface area contributed by atoms with Crippen molar-refractivity contribution in [3.63, 3.8) is 0 Å². The van der Waals surface area contributed by atoms with Gasteiger partial charge in [-0.2, -0.15) is 0 Å². The van der Waals surface area contributed by atoms with Crippen LogP contribution in [0.1, 0.15) is 73.0 Å². The summed E-state index contributed by atoms with van der Waals surface area (Å²) in [5.41, 5.74) is 7.33. The van der Waals surface area contributed by atoms with Crippen molar-refractivity contribution < 1.29 is 4.79 Å². The van der Waals surface area contributed by atoms with Gasteiger partial charge in [0.15, 0.2) is 0 Å². The summed E-state index contributed by atoms with van der Waals surface area (Å²) >= 11 is 0. The fraction of sp³-hybridized carbons (Fsp3) is 0.393. The second kappa shape index (κ2) is 9.13. The average Bonchev–Trinajstić information content (AvgIpc) is 3.03. The third-order valence-corrected chi connectivity index (χ3v) is 6.95. The molecule has 0 radical (unpaired) electrons. The lowest BCUT2D eigenvalue weighted by molar-refractivity contribution is 0.0927. The Bertz CT molecular complexity index is 1030. The van der Waals surface area contributed by atoms with E-state index in [0.717, 1.165) is 36.9 Å². The van der Waals surface area contributed by atoms with Crippen LogP contribution in [0.15, 0.2) is 60.7 Å². The van der Waals surface area contributed by atoms with Gasteiger partial charge < -0.3 is 9.88 Å². The van der Waals surface area contributed by atoms with E-state index in [2.05, 4.69) is 58.4 Å². The number of aryl methyl sites for hydroxylation is 1. The van der Waals surface area contributed by atoms with E-state index in [1.54, 1.807) is 0 Å². The molecule has 2 aliphatic rings. The minimum absolute atomic E-state index is 0.0630. The van der Waals surface area contributed by atoms with Gasteiger partial charge in [0.2, 0.25) is 0 Å². The molecule has 0 spiro atoms. The number of carbonyl (C=O) groups is 1. The van der Waals surface area contributed by atoms with Crippen LogP contribution in [0, 0.1) is 0 Å². The van der Waals surface area contributed by atoms with E-state index in [0.29, 0.717) is 6.04 Å². The van der Waals surface area contributed by atoms with Crippen LogP contribution in [0.5, 0.6) is 0 Å². The highest BCUT2D eigenvalue weighted by molar-refractivity contribution is 5.94. The molecule has 160 valence electrons. The molecule has 1 aromatic heterocycles. The summed E-state index contributed by atoms with van der Waals surface area (Å²) in [6, 6.07) is 21.6. The number of hydrogen-bond acceptors (Lipinski definition) is 1. The number of fused-ring (bicyclic) bond motifs is 1. The number of rotatable bonds is 4. The Morgan fingerprint density at radius 3 is 2.29 bits per heavy atom. The third kappa shape index (κ3) is 4.32. The first-order chi connectivity index (χ1) is 15.3. The maximum absolute atomic E-state index is 12.8. The zero-order chi connectivity index (χ0) is 21.0. The highest BCUT2D eigenvalue weighted by Gasteiger charge is 2.20. The summed E-state index contributed by atoms with van der Waals surface area (Å²) < 4.78 is 2.43. The molecule has 1 N–H and O–H groups in total. The van der Waals surface area contributed by atoms with Gasteiger partial charge in [-0.3, -0.25) is 4.79 Å². The van der Waals surface area contributed by atoms with Gasteiger partial charge in [-0.05, 0) is 80.0 Å². The van der Waals surface area contributed by atoms with Crippen molar-refractivity contribution >= 4 is 5.91 Å². The highest BCUT2D eigenvalue weighted by atomic mass is 16.1. The van der Waals surface area contributed by atoms with Gasteiger partial charge in [-0.15, -0.1) is 0 Å². The van der Waals surface area contributed by atoms with Crippen molar-refractivity contribution in [2.45, 2.75) is 70.3 Å². The first-order valence-corrected chi connectivity index (χ1v) is 12.0. The fourth-order valence-electron chi connectivity index (χ4n) is 5.27. The molecule has 0 saturated heterocycles. The lowest BCUT2D eigenvalue weighted by Gasteiger charge is -2.22. The van der Waals surface area contributed by atoms with Crippen molar-refractivity contribution in [2.24, 2.45) is 0 Å². The zero-order valence-electron chi connectivity index (χ0n) is 18.3. The third-order valence-electron chi connectivity index (χ3n) is 6.95. The van der Waals surface area contributed by atoms with Crippen molar-refractivity contribution in [1.29, 1.82) is 0 Å². The van der Waals surface area contributed by atoms with E-state index in [9.17, 15) is 4.79 Å². The van der Waals surface area contributed by atoms with E-state index < -0.39 is 0 Å². The van der Waals surface area contributed by atoms with Crippen LogP contribution in [0.3, 0.4) is 0 Å². The molecule has 1 saturated carbocycles. The van der Waals surface area contributed by atoms with Crippen LogP contribution in [-0.2, 0) is 12.8 Å². The molecule has 0 atom stereocenters. The first-order valence-electron chi connectivity index (χ1n) is 12.0. The Morgan fingerprint density at radius 1 is 0.806 bits per heavy atom. The maximum atomic E-state index is 12.8. The van der Waals surface area contributed by atoms with Crippen molar-refractivity contribution in [2.75, 3.05) is 0 Å². The van der Waals surface area contributed by atoms with E-state index >= 15 is 0 Å².